The summed E-state index contributed by atoms with van der Waals surface area (Å²) in [6.45, 7) is 9.08. The Bertz CT molecular complexity index is 605. The van der Waals surface area contributed by atoms with Crippen LogP contribution in [0.2, 0.25) is 0 Å². The summed E-state index contributed by atoms with van der Waals surface area (Å²) in [6, 6.07) is 0. The zero-order valence-electron chi connectivity index (χ0n) is 26.0. The molecule has 0 bridgehead atoms. The monoisotopic (exact) mass is 606 g/mol. The van der Waals surface area contributed by atoms with E-state index in [1.165, 1.54) is 12.8 Å². The first-order valence-electron chi connectivity index (χ1n) is 15.9. The first-order chi connectivity index (χ1) is 20.4. The second-order valence-corrected chi connectivity index (χ2v) is 11.5. The van der Waals surface area contributed by atoms with Crippen molar-refractivity contribution in [3.63, 3.8) is 0 Å². The lowest BCUT2D eigenvalue weighted by molar-refractivity contribution is -0.163. The summed E-state index contributed by atoms with van der Waals surface area (Å²) in [7, 11) is 0. The fraction of sp³-hybridized carbons (Fsp3) is 0.935. The number of aliphatic hydroxyl groups excluding tert-OH is 4. The topological polar surface area (TPSA) is 161 Å². The minimum atomic E-state index is -0.809. The van der Waals surface area contributed by atoms with Crippen molar-refractivity contribution in [2.45, 2.75) is 71.6 Å². The summed E-state index contributed by atoms with van der Waals surface area (Å²) in [6.07, 6.45) is 8.80. The molecule has 3 saturated heterocycles. The van der Waals surface area contributed by atoms with Gasteiger partial charge in [0.25, 0.3) is 0 Å². The predicted molar refractivity (Wildman–Crippen MR) is 157 cm³/mol. The van der Waals surface area contributed by atoms with Crippen LogP contribution in [0.3, 0.4) is 0 Å². The molecule has 3 rings (SSSR count). The molecule has 3 aliphatic heterocycles. The van der Waals surface area contributed by atoms with Gasteiger partial charge in [0, 0.05) is 77.9 Å². The highest BCUT2D eigenvalue weighted by Crippen LogP contribution is 2.24. The average molecular weight is 607 g/mol. The second kappa shape index (κ2) is 25.0. The number of carbonyl (C=O) groups excluding carboxylic acids is 2. The lowest BCUT2D eigenvalue weighted by Gasteiger charge is -2.24. The Morgan fingerprint density at radius 2 is 0.952 bits per heavy atom. The van der Waals surface area contributed by atoms with E-state index in [9.17, 15) is 9.59 Å². The molecule has 0 aromatic carbocycles. The normalized spacial score (nSPS) is 22.5. The summed E-state index contributed by atoms with van der Waals surface area (Å²) >= 11 is 0. The number of hydrogen-bond donors (Lipinski definition) is 4. The number of carbonyl (C=O) groups is 2. The summed E-state index contributed by atoms with van der Waals surface area (Å²) in [5, 5.41) is 35.4. The van der Waals surface area contributed by atoms with Gasteiger partial charge in [0.1, 0.15) is 0 Å². The molecule has 0 aromatic heterocycles. The Morgan fingerprint density at radius 1 is 0.619 bits per heavy atom. The van der Waals surface area contributed by atoms with Crippen molar-refractivity contribution in [3.05, 3.63) is 0 Å². The van der Waals surface area contributed by atoms with Crippen molar-refractivity contribution >= 4 is 11.9 Å². The van der Waals surface area contributed by atoms with Gasteiger partial charge in [-0.1, -0.05) is 0 Å². The van der Waals surface area contributed by atoms with E-state index in [1.54, 1.807) is 13.8 Å². The average Bonchev–Trinajstić information content (AvgIpc) is 3.03. The van der Waals surface area contributed by atoms with E-state index in [0.717, 1.165) is 71.6 Å². The molecule has 3 unspecified atom stereocenters. The van der Waals surface area contributed by atoms with E-state index in [4.69, 9.17) is 44.1 Å². The number of hydrogen-bond acceptors (Lipinski definition) is 11. The van der Waals surface area contributed by atoms with Crippen LogP contribution in [0.4, 0.5) is 0 Å². The van der Waals surface area contributed by atoms with Crippen LogP contribution < -0.4 is 0 Å². The Labute approximate surface area is 252 Å². The Morgan fingerprint density at radius 3 is 1.21 bits per heavy atom. The number of ether oxygens (including phenoxy) is 5. The molecule has 11 nitrogen and oxygen atoms in total. The Kier molecular flexibility index (Phi) is 23.1. The van der Waals surface area contributed by atoms with Crippen LogP contribution in [0.25, 0.3) is 0 Å². The third kappa shape index (κ3) is 17.1. The van der Waals surface area contributed by atoms with Gasteiger partial charge < -0.3 is 44.1 Å². The lowest BCUT2D eigenvalue weighted by Crippen LogP contribution is -2.32. The van der Waals surface area contributed by atoms with Gasteiger partial charge >= 0.3 is 11.9 Å². The van der Waals surface area contributed by atoms with Crippen molar-refractivity contribution in [1.29, 1.82) is 0 Å². The standard InChI is InChI=1S/C13H22O5.2C9H18O3/c1-3-17-12(14)11(13(15)18-4-2)8-10-6-5-7-16-9-10;2*10-5-9(6-11)4-8-2-1-3-12-7-8/h10-11H,3-9H2,1-2H3;2*8-11H,1-7H2. The first kappa shape index (κ1) is 38.7. The molecule has 3 atom stereocenters. The smallest absolute Gasteiger partial charge is 0.320 e. The third-order valence-corrected chi connectivity index (χ3v) is 7.84. The van der Waals surface area contributed by atoms with Crippen molar-refractivity contribution in [2.24, 2.45) is 35.5 Å². The second-order valence-electron chi connectivity index (χ2n) is 11.5. The van der Waals surface area contributed by atoms with Crippen molar-refractivity contribution in [2.75, 3.05) is 79.3 Å². The summed E-state index contributed by atoms with van der Waals surface area (Å²) in [5.74, 6) is -0.350. The third-order valence-electron chi connectivity index (χ3n) is 7.84. The molecule has 4 N–H and O–H groups in total. The van der Waals surface area contributed by atoms with Gasteiger partial charge in [0.15, 0.2) is 5.92 Å². The lowest BCUT2D eigenvalue weighted by atomic mass is 9.90. The molecule has 42 heavy (non-hydrogen) atoms. The highest BCUT2D eigenvalue weighted by molar-refractivity contribution is 5.94. The van der Waals surface area contributed by atoms with Gasteiger partial charge in [-0.3, -0.25) is 9.59 Å². The molecule has 0 saturated carbocycles. The predicted octanol–water partition coefficient (Wildman–Crippen LogP) is 2.35. The van der Waals surface area contributed by atoms with Crippen LogP contribution in [0.5, 0.6) is 0 Å². The van der Waals surface area contributed by atoms with Crippen LogP contribution in [0, 0.1) is 35.5 Å². The molecular weight excluding hydrogens is 548 g/mol. The molecule has 11 heteroatoms. The quantitative estimate of drug-likeness (QED) is 0.170. The van der Waals surface area contributed by atoms with Crippen molar-refractivity contribution in [1.82, 2.24) is 0 Å². The highest BCUT2D eigenvalue weighted by Gasteiger charge is 2.33. The molecule has 248 valence electrons. The molecular formula is C31H58O11. The first-order valence-corrected chi connectivity index (χ1v) is 15.9. The van der Waals surface area contributed by atoms with Gasteiger partial charge in [-0.2, -0.15) is 0 Å². The van der Waals surface area contributed by atoms with E-state index in [2.05, 4.69) is 0 Å². The Hall–Kier alpha value is -1.34. The van der Waals surface area contributed by atoms with E-state index in [1.807, 2.05) is 0 Å². The van der Waals surface area contributed by atoms with Crippen LogP contribution in [0.1, 0.15) is 71.6 Å². The zero-order valence-corrected chi connectivity index (χ0v) is 26.0. The van der Waals surface area contributed by atoms with Gasteiger partial charge in [-0.15, -0.1) is 0 Å². The highest BCUT2D eigenvalue weighted by atomic mass is 16.6. The fourth-order valence-corrected chi connectivity index (χ4v) is 5.44. The molecule has 3 fully saturated rings. The van der Waals surface area contributed by atoms with Gasteiger partial charge in [0.05, 0.1) is 13.2 Å². The zero-order chi connectivity index (χ0) is 31.0. The molecule has 0 amide bonds. The fourth-order valence-electron chi connectivity index (χ4n) is 5.44. The largest absolute Gasteiger partial charge is 0.465 e. The van der Waals surface area contributed by atoms with Crippen LogP contribution in [-0.4, -0.2) is 112 Å². The maximum Gasteiger partial charge on any atom is 0.320 e. The van der Waals surface area contributed by atoms with Crippen molar-refractivity contribution in [3.8, 4) is 0 Å². The van der Waals surface area contributed by atoms with Gasteiger partial charge in [-0.05, 0) is 89.4 Å². The molecule has 0 spiro atoms. The minimum Gasteiger partial charge on any atom is -0.465 e. The molecule has 0 radical (unpaired) electrons. The number of aliphatic hydroxyl groups is 4. The van der Waals surface area contributed by atoms with Crippen LogP contribution >= 0.6 is 0 Å². The van der Waals surface area contributed by atoms with Gasteiger partial charge in [0.2, 0.25) is 0 Å². The molecule has 0 aliphatic carbocycles. The maximum atomic E-state index is 11.8. The van der Waals surface area contributed by atoms with E-state index < -0.39 is 17.9 Å². The minimum absolute atomic E-state index is 0.0525. The van der Waals surface area contributed by atoms with E-state index in [-0.39, 0.29) is 57.4 Å². The van der Waals surface area contributed by atoms with E-state index >= 15 is 0 Å². The summed E-state index contributed by atoms with van der Waals surface area (Å²) in [4.78, 5) is 23.5. The summed E-state index contributed by atoms with van der Waals surface area (Å²) < 4.78 is 25.8. The van der Waals surface area contributed by atoms with Gasteiger partial charge in [-0.25, -0.2) is 0 Å². The van der Waals surface area contributed by atoms with Crippen LogP contribution in [0.15, 0.2) is 0 Å². The van der Waals surface area contributed by atoms with Crippen LogP contribution in [-0.2, 0) is 33.3 Å². The molecule has 3 heterocycles. The SMILES string of the molecule is CCOC(=O)C(CC1CCCOC1)C(=O)OCC.OCC(CO)CC1CCCOC1.OCC(CO)CC1CCCOC1. The molecule has 0 aromatic rings. The number of rotatable bonds is 14. The van der Waals surface area contributed by atoms with Crippen molar-refractivity contribution < 1.29 is 53.7 Å². The van der Waals surface area contributed by atoms with E-state index in [0.29, 0.717) is 24.9 Å². The molecule has 3 aliphatic rings. The summed E-state index contributed by atoms with van der Waals surface area (Å²) in [5.41, 5.74) is 0. The number of esters is 2. The maximum absolute atomic E-state index is 11.8. The Balaban J connectivity index is 0.000000325.